The number of hydrogen-bond donors (Lipinski definition) is 1. The first-order valence-corrected chi connectivity index (χ1v) is 6.34. The molecular formula is C15H21NO3. The SMILES string of the molecule is CCN(CCO)C(=O)/C=C(/C)c1ccc(OC)cc1. The second-order valence-electron chi connectivity index (χ2n) is 4.20. The number of hydrogen-bond acceptors (Lipinski definition) is 3. The molecule has 0 unspecified atom stereocenters. The van der Waals surface area contributed by atoms with Gasteiger partial charge in [-0.2, -0.15) is 0 Å². The van der Waals surface area contributed by atoms with Crippen LogP contribution in [0.2, 0.25) is 0 Å². The van der Waals surface area contributed by atoms with Crippen LogP contribution in [0.5, 0.6) is 5.75 Å². The predicted molar refractivity (Wildman–Crippen MR) is 76.0 cm³/mol. The zero-order valence-corrected chi connectivity index (χ0v) is 11.7. The van der Waals surface area contributed by atoms with Crippen LogP contribution in [0.15, 0.2) is 30.3 Å². The van der Waals surface area contributed by atoms with Crippen molar-refractivity contribution in [3.8, 4) is 5.75 Å². The van der Waals surface area contributed by atoms with Crippen molar-refractivity contribution in [1.82, 2.24) is 4.90 Å². The van der Waals surface area contributed by atoms with Crippen molar-refractivity contribution in [3.05, 3.63) is 35.9 Å². The molecule has 0 aliphatic rings. The van der Waals surface area contributed by atoms with Crippen molar-refractivity contribution in [2.75, 3.05) is 26.8 Å². The fourth-order valence-electron chi connectivity index (χ4n) is 1.76. The van der Waals surface area contributed by atoms with Gasteiger partial charge in [0.25, 0.3) is 0 Å². The molecule has 0 fully saturated rings. The molecule has 4 nitrogen and oxygen atoms in total. The van der Waals surface area contributed by atoms with Gasteiger partial charge in [0.05, 0.1) is 13.7 Å². The minimum Gasteiger partial charge on any atom is -0.497 e. The lowest BCUT2D eigenvalue weighted by atomic mass is 10.1. The van der Waals surface area contributed by atoms with E-state index in [0.29, 0.717) is 13.1 Å². The molecule has 104 valence electrons. The number of nitrogens with zero attached hydrogens (tertiary/aromatic N) is 1. The zero-order chi connectivity index (χ0) is 14.3. The Labute approximate surface area is 114 Å². The quantitative estimate of drug-likeness (QED) is 0.798. The van der Waals surface area contributed by atoms with Crippen LogP contribution in [0.25, 0.3) is 5.57 Å². The van der Waals surface area contributed by atoms with Gasteiger partial charge in [0.1, 0.15) is 5.75 Å². The van der Waals surface area contributed by atoms with E-state index in [1.54, 1.807) is 18.1 Å². The molecule has 0 spiro atoms. The van der Waals surface area contributed by atoms with E-state index in [1.807, 2.05) is 38.1 Å². The first-order valence-electron chi connectivity index (χ1n) is 6.34. The Hall–Kier alpha value is -1.81. The number of amides is 1. The normalized spacial score (nSPS) is 11.3. The molecule has 1 amide bonds. The third-order valence-electron chi connectivity index (χ3n) is 2.95. The van der Waals surface area contributed by atoms with Gasteiger partial charge < -0.3 is 14.7 Å². The average molecular weight is 263 g/mol. The number of allylic oxidation sites excluding steroid dienone is 1. The Balaban J connectivity index is 2.81. The van der Waals surface area contributed by atoms with Crippen molar-refractivity contribution in [1.29, 1.82) is 0 Å². The zero-order valence-electron chi connectivity index (χ0n) is 11.7. The topological polar surface area (TPSA) is 49.8 Å². The molecule has 0 saturated heterocycles. The van der Waals surface area contributed by atoms with E-state index in [1.165, 1.54) is 0 Å². The molecule has 0 aliphatic heterocycles. The molecular weight excluding hydrogens is 242 g/mol. The largest absolute Gasteiger partial charge is 0.497 e. The molecule has 4 heteroatoms. The van der Waals surface area contributed by atoms with E-state index < -0.39 is 0 Å². The number of ether oxygens (including phenoxy) is 1. The predicted octanol–water partition coefficient (Wildman–Crippen LogP) is 1.94. The van der Waals surface area contributed by atoms with Crippen LogP contribution in [0, 0.1) is 0 Å². The first-order chi connectivity index (χ1) is 9.12. The number of likely N-dealkylation sites (N-methyl/N-ethyl adjacent to an activating group) is 1. The summed E-state index contributed by atoms with van der Waals surface area (Å²) in [5.74, 6) is 0.711. The molecule has 1 aromatic carbocycles. The highest BCUT2D eigenvalue weighted by Gasteiger charge is 2.08. The number of methoxy groups -OCH3 is 1. The summed E-state index contributed by atoms with van der Waals surface area (Å²) in [6.07, 6.45) is 1.60. The third kappa shape index (κ3) is 4.41. The Bertz CT molecular complexity index is 437. The van der Waals surface area contributed by atoms with Gasteiger partial charge in [-0.25, -0.2) is 0 Å². The standard InChI is InChI=1S/C15H21NO3/c1-4-16(9-10-17)15(18)11-12(2)13-5-7-14(19-3)8-6-13/h5-8,11,17H,4,9-10H2,1-3H3/b12-11-. The fourth-order valence-corrected chi connectivity index (χ4v) is 1.76. The highest BCUT2D eigenvalue weighted by atomic mass is 16.5. The van der Waals surface area contributed by atoms with E-state index in [0.717, 1.165) is 16.9 Å². The van der Waals surface area contributed by atoms with Crippen LogP contribution in [-0.2, 0) is 4.79 Å². The van der Waals surface area contributed by atoms with Crippen LogP contribution in [0.3, 0.4) is 0 Å². The number of aliphatic hydroxyl groups excluding tert-OH is 1. The van der Waals surface area contributed by atoms with E-state index in [4.69, 9.17) is 9.84 Å². The van der Waals surface area contributed by atoms with Gasteiger partial charge in [-0.3, -0.25) is 4.79 Å². The Morgan fingerprint density at radius 1 is 1.37 bits per heavy atom. The summed E-state index contributed by atoms with van der Waals surface area (Å²) in [5, 5.41) is 8.90. The summed E-state index contributed by atoms with van der Waals surface area (Å²) >= 11 is 0. The Morgan fingerprint density at radius 2 is 2.00 bits per heavy atom. The van der Waals surface area contributed by atoms with Crippen molar-refractivity contribution < 1.29 is 14.6 Å². The van der Waals surface area contributed by atoms with E-state index in [-0.39, 0.29) is 12.5 Å². The van der Waals surface area contributed by atoms with Gasteiger partial charge in [-0.1, -0.05) is 12.1 Å². The van der Waals surface area contributed by atoms with Gasteiger partial charge in [0.2, 0.25) is 5.91 Å². The molecule has 19 heavy (non-hydrogen) atoms. The summed E-state index contributed by atoms with van der Waals surface area (Å²) < 4.78 is 5.10. The monoisotopic (exact) mass is 263 g/mol. The molecule has 0 bridgehead atoms. The molecule has 0 aliphatic carbocycles. The maximum absolute atomic E-state index is 12.0. The number of benzene rings is 1. The molecule has 0 aromatic heterocycles. The van der Waals surface area contributed by atoms with Crippen molar-refractivity contribution in [2.45, 2.75) is 13.8 Å². The van der Waals surface area contributed by atoms with Crippen molar-refractivity contribution in [3.63, 3.8) is 0 Å². The second kappa shape index (κ2) is 7.59. The fraction of sp³-hybridized carbons (Fsp3) is 0.400. The minimum absolute atomic E-state index is 0.0188. The molecule has 1 N–H and O–H groups in total. The lowest BCUT2D eigenvalue weighted by Gasteiger charge is -2.18. The average Bonchev–Trinajstić information content (AvgIpc) is 2.44. The van der Waals surface area contributed by atoms with Crippen LogP contribution >= 0.6 is 0 Å². The number of carbonyl (C=O) groups excluding carboxylic acids is 1. The molecule has 0 radical (unpaired) electrons. The highest BCUT2D eigenvalue weighted by Crippen LogP contribution is 2.18. The van der Waals surface area contributed by atoms with Crippen LogP contribution in [0.4, 0.5) is 0 Å². The molecule has 1 aromatic rings. The number of rotatable bonds is 6. The number of aliphatic hydroxyl groups is 1. The third-order valence-corrected chi connectivity index (χ3v) is 2.95. The second-order valence-corrected chi connectivity index (χ2v) is 4.20. The first kappa shape index (κ1) is 15.2. The van der Waals surface area contributed by atoms with Crippen molar-refractivity contribution >= 4 is 11.5 Å². The maximum atomic E-state index is 12.0. The van der Waals surface area contributed by atoms with Crippen LogP contribution in [-0.4, -0.2) is 42.7 Å². The summed E-state index contributed by atoms with van der Waals surface area (Å²) in [6.45, 7) is 4.72. The molecule has 0 atom stereocenters. The van der Waals surface area contributed by atoms with E-state index >= 15 is 0 Å². The Kier molecular flexibility index (Phi) is 6.09. The van der Waals surface area contributed by atoms with Crippen molar-refractivity contribution in [2.24, 2.45) is 0 Å². The summed E-state index contributed by atoms with van der Waals surface area (Å²) in [7, 11) is 1.62. The smallest absolute Gasteiger partial charge is 0.246 e. The van der Waals surface area contributed by atoms with Gasteiger partial charge >= 0.3 is 0 Å². The van der Waals surface area contributed by atoms with Crippen LogP contribution in [0.1, 0.15) is 19.4 Å². The number of carbonyl (C=O) groups is 1. The lowest BCUT2D eigenvalue weighted by molar-refractivity contribution is -0.126. The van der Waals surface area contributed by atoms with Gasteiger partial charge in [-0.05, 0) is 37.1 Å². The molecule has 0 saturated carbocycles. The Morgan fingerprint density at radius 3 is 2.47 bits per heavy atom. The van der Waals surface area contributed by atoms with Gasteiger partial charge in [-0.15, -0.1) is 0 Å². The summed E-state index contributed by atoms with van der Waals surface area (Å²) in [6, 6.07) is 7.56. The lowest BCUT2D eigenvalue weighted by Crippen LogP contribution is -2.32. The maximum Gasteiger partial charge on any atom is 0.246 e. The van der Waals surface area contributed by atoms with Gasteiger partial charge in [0, 0.05) is 19.2 Å². The highest BCUT2D eigenvalue weighted by molar-refractivity contribution is 5.94. The molecule has 1 rings (SSSR count). The summed E-state index contributed by atoms with van der Waals surface area (Å²) in [5.41, 5.74) is 1.87. The van der Waals surface area contributed by atoms with E-state index in [9.17, 15) is 4.79 Å². The van der Waals surface area contributed by atoms with Gasteiger partial charge in [0.15, 0.2) is 0 Å². The summed E-state index contributed by atoms with van der Waals surface area (Å²) in [4.78, 5) is 13.6. The van der Waals surface area contributed by atoms with Crippen LogP contribution < -0.4 is 4.74 Å². The van der Waals surface area contributed by atoms with E-state index in [2.05, 4.69) is 0 Å². The minimum atomic E-state index is -0.0788. The molecule has 0 heterocycles.